The molecule has 0 saturated heterocycles. The Bertz CT molecular complexity index is 233. The van der Waals surface area contributed by atoms with E-state index in [2.05, 4.69) is 6.92 Å². The van der Waals surface area contributed by atoms with Gasteiger partial charge in [0.15, 0.2) is 11.8 Å². The molecule has 0 radical (unpaired) electrons. The predicted molar refractivity (Wildman–Crippen MR) is 51.7 cm³/mol. The van der Waals surface area contributed by atoms with E-state index in [-0.39, 0.29) is 0 Å². The van der Waals surface area contributed by atoms with Gasteiger partial charge in [-0.3, -0.25) is 0 Å². The normalized spacial score (nSPS) is 48.4. The van der Waals surface area contributed by atoms with Gasteiger partial charge >= 0.3 is 0 Å². The lowest BCUT2D eigenvalue weighted by Gasteiger charge is -2.36. The lowest BCUT2D eigenvalue weighted by molar-refractivity contribution is -0.507. The zero-order valence-electron chi connectivity index (χ0n) is 8.20. The molecule has 2 unspecified atom stereocenters. The van der Waals surface area contributed by atoms with Crippen molar-refractivity contribution in [2.24, 2.45) is 17.8 Å². The van der Waals surface area contributed by atoms with E-state index in [1.807, 2.05) is 0 Å². The van der Waals surface area contributed by atoms with Gasteiger partial charge in [-0.25, -0.2) is 4.74 Å². The van der Waals surface area contributed by atoms with E-state index in [4.69, 9.17) is 0 Å². The van der Waals surface area contributed by atoms with Crippen molar-refractivity contribution in [2.75, 3.05) is 0 Å². The third-order valence-corrected chi connectivity index (χ3v) is 4.38. The molecule has 2 atom stereocenters. The SMILES string of the molecule is CC1=[N+]([O-])C2CC3CC(CC1C3)C2. The van der Waals surface area contributed by atoms with Crippen molar-refractivity contribution in [2.45, 2.75) is 45.1 Å². The fourth-order valence-corrected chi connectivity index (χ4v) is 3.82. The van der Waals surface area contributed by atoms with Crippen LogP contribution >= 0.6 is 0 Å². The molecule has 2 aliphatic carbocycles. The van der Waals surface area contributed by atoms with Gasteiger partial charge in [-0.05, 0) is 31.1 Å². The molecular formula is C11H17NO. The molecule has 72 valence electrons. The quantitative estimate of drug-likeness (QED) is 0.413. The molecular weight excluding hydrogens is 162 g/mol. The average molecular weight is 179 g/mol. The van der Waals surface area contributed by atoms with Crippen LogP contribution in [0.2, 0.25) is 0 Å². The third-order valence-electron chi connectivity index (χ3n) is 4.38. The topological polar surface area (TPSA) is 26.1 Å². The Labute approximate surface area is 79.2 Å². The fourth-order valence-electron chi connectivity index (χ4n) is 3.82. The van der Waals surface area contributed by atoms with Crippen molar-refractivity contribution in [3.05, 3.63) is 5.21 Å². The van der Waals surface area contributed by atoms with Crippen LogP contribution in [0.5, 0.6) is 0 Å². The molecule has 0 aromatic rings. The zero-order valence-corrected chi connectivity index (χ0v) is 8.20. The summed E-state index contributed by atoms with van der Waals surface area (Å²) in [4.78, 5) is 0. The molecule has 2 saturated carbocycles. The van der Waals surface area contributed by atoms with Crippen LogP contribution in [0.1, 0.15) is 39.0 Å². The van der Waals surface area contributed by atoms with Crippen LogP contribution in [0.15, 0.2) is 0 Å². The summed E-state index contributed by atoms with van der Waals surface area (Å²) >= 11 is 0. The van der Waals surface area contributed by atoms with E-state index in [0.717, 1.165) is 17.5 Å². The Morgan fingerprint density at radius 3 is 2.31 bits per heavy atom. The first-order valence-electron chi connectivity index (χ1n) is 5.54. The Hall–Kier alpha value is -0.530. The summed E-state index contributed by atoms with van der Waals surface area (Å²) in [6.07, 6.45) is 6.37. The highest BCUT2D eigenvalue weighted by molar-refractivity contribution is 5.80. The minimum Gasteiger partial charge on any atom is -0.624 e. The summed E-state index contributed by atoms with van der Waals surface area (Å²) in [5.74, 6) is 2.38. The van der Waals surface area contributed by atoms with Crippen LogP contribution in [0.3, 0.4) is 0 Å². The Kier molecular flexibility index (Phi) is 1.50. The van der Waals surface area contributed by atoms with E-state index < -0.39 is 0 Å². The van der Waals surface area contributed by atoms with Gasteiger partial charge in [-0.15, -0.1) is 0 Å². The summed E-state index contributed by atoms with van der Waals surface area (Å²) < 4.78 is 1.35. The third kappa shape index (κ3) is 1.04. The molecule has 0 spiro atoms. The lowest BCUT2D eigenvalue weighted by Crippen LogP contribution is -2.32. The van der Waals surface area contributed by atoms with Gasteiger partial charge in [0.2, 0.25) is 0 Å². The predicted octanol–water partition coefficient (Wildman–Crippen LogP) is 2.17. The van der Waals surface area contributed by atoms with Crippen LogP contribution in [-0.4, -0.2) is 16.5 Å². The van der Waals surface area contributed by atoms with Gasteiger partial charge in [0.25, 0.3) is 0 Å². The molecule has 2 fully saturated rings. The first-order valence-corrected chi connectivity index (χ1v) is 5.54. The lowest BCUT2D eigenvalue weighted by atomic mass is 9.67. The Balaban J connectivity index is 2.03. The van der Waals surface area contributed by atoms with E-state index in [1.165, 1.54) is 36.8 Å². The number of hydrogen-bond donors (Lipinski definition) is 0. The van der Waals surface area contributed by atoms with Crippen LogP contribution in [0.4, 0.5) is 0 Å². The van der Waals surface area contributed by atoms with Gasteiger partial charge < -0.3 is 5.21 Å². The molecule has 2 aliphatic heterocycles. The summed E-state index contributed by atoms with van der Waals surface area (Å²) in [5.41, 5.74) is 1.13. The van der Waals surface area contributed by atoms with Crippen molar-refractivity contribution in [3.8, 4) is 0 Å². The summed E-state index contributed by atoms with van der Waals surface area (Å²) in [7, 11) is 0. The van der Waals surface area contributed by atoms with Crippen molar-refractivity contribution in [1.82, 2.24) is 0 Å². The van der Waals surface area contributed by atoms with Crippen LogP contribution in [-0.2, 0) is 0 Å². The molecule has 2 heterocycles. The van der Waals surface area contributed by atoms with E-state index in [0.29, 0.717) is 12.0 Å². The second kappa shape index (κ2) is 2.49. The minimum atomic E-state index is 0.344. The monoisotopic (exact) mass is 179 g/mol. The second-order valence-electron chi connectivity index (χ2n) is 5.23. The van der Waals surface area contributed by atoms with Crippen LogP contribution < -0.4 is 0 Å². The van der Waals surface area contributed by atoms with Crippen molar-refractivity contribution in [1.29, 1.82) is 0 Å². The van der Waals surface area contributed by atoms with Gasteiger partial charge in [-0.2, -0.15) is 0 Å². The van der Waals surface area contributed by atoms with E-state index in [9.17, 15) is 5.21 Å². The summed E-state index contributed by atoms with van der Waals surface area (Å²) in [5, 5.41) is 11.9. The van der Waals surface area contributed by atoms with E-state index >= 15 is 0 Å². The van der Waals surface area contributed by atoms with Crippen LogP contribution in [0, 0.1) is 23.0 Å². The van der Waals surface area contributed by atoms with E-state index in [1.54, 1.807) is 0 Å². The van der Waals surface area contributed by atoms with Crippen molar-refractivity contribution in [3.63, 3.8) is 0 Å². The maximum atomic E-state index is 11.9. The molecule has 0 N–H and O–H groups in total. The summed E-state index contributed by atoms with van der Waals surface area (Å²) in [6.45, 7) is 2.06. The maximum Gasteiger partial charge on any atom is 0.163 e. The standard InChI is InChI=1S/C11H17NO/c1-7-10-3-8-2-9(4-10)6-11(5-8)12(7)13/h8-11H,2-6H2,1H3. The Morgan fingerprint density at radius 1 is 1.08 bits per heavy atom. The first kappa shape index (κ1) is 7.84. The van der Waals surface area contributed by atoms with Crippen molar-refractivity contribution < 1.29 is 4.74 Å². The molecule has 4 aliphatic rings. The fraction of sp³-hybridized carbons (Fsp3) is 0.909. The van der Waals surface area contributed by atoms with Gasteiger partial charge in [0.1, 0.15) is 0 Å². The molecule has 2 nitrogen and oxygen atoms in total. The average Bonchev–Trinajstić information content (AvgIpc) is 2.23. The van der Waals surface area contributed by atoms with Gasteiger partial charge in [-0.1, -0.05) is 0 Å². The molecule has 0 amide bonds. The molecule has 13 heavy (non-hydrogen) atoms. The molecule has 0 aromatic heterocycles. The van der Waals surface area contributed by atoms with Crippen molar-refractivity contribution >= 4 is 5.71 Å². The first-order chi connectivity index (χ1) is 6.24. The van der Waals surface area contributed by atoms with Gasteiger partial charge in [0.05, 0.1) is 0 Å². The molecule has 4 rings (SSSR count). The maximum absolute atomic E-state index is 11.9. The number of hydroxylamine groups is 1. The number of hydrogen-bond acceptors (Lipinski definition) is 1. The Morgan fingerprint density at radius 2 is 1.69 bits per heavy atom. The highest BCUT2D eigenvalue weighted by atomic mass is 16.5. The zero-order chi connectivity index (χ0) is 9.00. The molecule has 0 aromatic carbocycles. The number of rotatable bonds is 0. The van der Waals surface area contributed by atoms with Gasteiger partial charge in [0, 0.05) is 25.7 Å². The highest BCUT2D eigenvalue weighted by Gasteiger charge is 2.45. The second-order valence-corrected chi connectivity index (χ2v) is 5.23. The highest BCUT2D eigenvalue weighted by Crippen LogP contribution is 2.46. The minimum absolute atomic E-state index is 0.344. The largest absolute Gasteiger partial charge is 0.624 e. The molecule has 4 bridgehead atoms. The summed E-state index contributed by atoms with van der Waals surface area (Å²) in [6, 6.07) is 0.344. The number of nitrogens with zero attached hydrogens (tertiary/aromatic N) is 1. The molecule has 2 heteroatoms. The van der Waals surface area contributed by atoms with Crippen LogP contribution in [0.25, 0.3) is 0 Å². The smallest absolute Gasteiger partial charge is 0.163 e.